The number of hydrogen-bond acceptors (Lipinski definition) is 2. The fourth-order valence-corrected chi connectivity index (χ4v) is 1.32. The van der Waals surface area contributed by atoms with Gasteiger partial charge in [-0.15, -0.1) is 0 Å². The van der Waals surface area contributed by atoms with Crippen molar-refractivity contribution >= 4 is 0 Å². The lowest BCUT2D eigenvalue weighted by molar-refractivity contribution is 0.482. The Morgan fingerprint density at radius 3 is 1.88 bits per heavy atom. The molecule has 0 saturated carbocycles. The lowest BCUT2D eigenvalue weighted by atomic mass is 10.2. The van der Waals surface area contributed by atoms with E-state index in [-0.39, 0.29) is 0 Å². The Bertz CT molecular complexity index is 409. The number of ether oxygens (including phenoxy) is 1. The van der Waals surface area contributed by atoms with E-state index in [1.54, 1.807) is 0 Å². The Morgan fingerprint density at radius 2 is 1.35 bits per heavy atom. The van der Waals surface area contributed by atoms with E-state index in [0.717, 1.165) is 17.1 Å². The minimum Gasteiger partial charge on any atom is -0.457 e. The van der Waals surface area contributed by atoms with Crippen molar-refractivity contribution in [2.75, 3.05) is 0 Å². The van der Waals surface area contributed by atoms with Crippen LogP contribution in [0.25, 0.3) is 0 Å². The zero-order chi connectivity index (χ0) is 12.5. The molecular weight excluding hydrogens is 210 g/mol. The number of para-hydroxylation sites is 1. The van der Waals surface area contributed by atoms with Crippen LogP contribution >= 0.6 is 0 Å². The van der Waals surface area contributed by atoms with E-state index in [0.29, 0.717) is 6.54 Å². The highest BCUT2D eigenvalue weighted by molar-refractivity contribution is 5.32. The van der Waals surface area contributed by atoms with E-state index in [4.69, 9.17) is 10.5 Å². The maximum absolute atomic E-state index is 5.64. The third-order valence-electron chi connectivity index (χ3n) is 2.14. The molecule has 0 aliphatic heterocycles. The lowest BCUT2D eigenvalue weighted by Crippen LogP contribution is -1.95. The molecule has 2 aromatic carbocycles. The van der Waals surface area contributed by atoms with Crippen LogP contribution in [0.2, 0.25) is 0 Å². The van der Waals surface area contributed by atoms with Gasteiger partial charge in [-0.05, 0) is 29.8 Å². The first-order chi connectivity index (χ1) is 8.38. The van der Waals surface area contributed by atoms with Crippen LogP contribution in [-0.4, -0.2) is 0 Å². The molecule has 17 heavy (non-hydrogen) atoms. The van der Waals surface area contributed by atoms with Crippen LogP contribution in [0.3, 0.4) is 0 Å². The standard InChI is InChI=1S/C13H13NO.C2H6/c14-10-11-6-8-13(9-7-11)15-12-4-2-1-3-5-12;1-2/h1-9H,10,14H2;1-2H3. The van der Waals surface area contributed by atoms with Gasteiger partial charge in [-0.2, -0.15) is 0 Å². The molecule has 0 saturated heterocycles. The van der Waals surface area contributed by atoms with Crippen molar-refractivity contribution in [1.29, 1.82) is 0 Å². The van der Waals surface area contributed by atoms with Gasteiger partial charge in [0.15, 0.2) is 0 Å². The number of rotatable bonds is 3. The average molecular weight is 229 g/mol. The molecule has 2 aromatic rings. The second kappa shape index (κ2) is 7.47. The Labute approximate surface area is 103 Å². The highest BCUT2D eigenvalue weighted by Gasteiger charge is 1.95. The molecule has 2 heteroatoms. The van der Waals surface area contributed by atoms with E-state index in [9.17, 15) is 0 Å². The number of hydrogen-bond donors (Lipinski definition) is 1. The van der Waals surface area contributed by atoms with Crippen molar-refractivity contribution < 1.29 is 4.74 Å². The van der Waals surface area contributed by atoms with E-state index < -0.39 is 0 Å². The third kappa shape index (κ3) is 4.29. The summed E-state index contributed by atoms with van der Waals surface area (Å²) in [5.74, 6) is 1.68. The molecule has 0 aliphatic carbocycles. The van der Waals surface area contributed by atoms with Gasteiger partial charge in [0, 0.05) is 6.54 Å². The van der Waals surface area contributed by atoms with Crippen LogP contribution in [0, 0.1) is 0 Å². The second-order valence-electron chi connectivity index (χ2n) is 3.26. The molecule has 0 atom stereocenters. The first-order valence-corrected chi connectivity index (χ1v) is 5.90. The highest BCUT2D eigenvalue weighted by Crippen LogP contribution is 2.20. The Hall–Kier alpha value is -1.80. The lowest BCUT2D eigenvalue weighted by Gasteiger charge is -2.05. The molecule has 0 spiro atoms. The SMILES string of the molecule is CC.NCc1ccc(Oc2ccccc2)cc1. The molecule has 2 N–H and O–H groups in total. The first kappa shape index (κ1) is 13.3. The van der Waals surface area contributed by atoms with E-state index in [1.165, 1.54) is 0 Å². The van der Waals surface area contributed by atoms with Crippen LogP contribution in [-0.2, 0) is 6.54 Å². The van der Waals surface area contributed by atoms with E-state index in [2.05, 4.69) is 0 Å². The maximum atomic E-state index is 5.64. The molecule has 0 radical (unpaired) electrons. The normalized spacial score (nSPS) is 9.12. The molecule has 0 fully saturated rings. The number of nitrogens with two attached hydrogens (primary N) is 1. The summed E-state index contributed by atoms with van der Waals surface area (Å²) >= 11 is 0. The zero-order valence-corrected chi connectivity index (χ0v) is 10.4. The maximum Gasteiger partial charge on any atom is 0.127 e. The quantitative estimate of drug-likeness (QED) is 0.864. The summed E-state index contributed by atoms with van der Waals surface area (Å²) in [6.45, 7) is 4.56. The number of benzene rings is 2. The minimum absolute atomic E-state index is 0.561. The average Bonchev–Trinajstić information content (AvgIpc) is 2.43. The van der Waals surface area contributed by atoms with Crippen molar-refractivity contribution in [3.63, 3.8) is 0 Å². The fraction of sp³-hybridized carbons (Fsp3) is 0.200. The summed E-state index contributed by atoms with van der Waals surface area (Å²) < 4.78 is 5.64. The van der Waals surface area contributed by atoms with E-state index in [1.807, 2.05) is 68.4 Å². The van der Waals surface area contributed by atoms with Gasteiger partial charge >= 0.3 is 0 Å². The van der Waals surface area contributed by atoms with Crippen LogP contribution in [0.5, 0.6) is 11.5 Å². The Balaban J connectivity index is 0.000000686. The van der Waals surface area contributed by atoms with Gasteiger partial charge in [0.05, 0.1) is 0 Å². The largest absolute Gasteiger partial charge is 0.457 e. The Kier molecular flexibility index (Phi) is 5.83. The molecule has 0 aromatic heterocycles. The molecule has 0 amide bonds. The van der Waals surface area contributed by atoms with Crippen molar-refractivity contribution in [3.05, 3.63) is 60.2 Å². The predicted octanol–water partition coefficient (Wildman–Crippen LogP) is 3.96. The summed E-state index contributed by atoms with van der Waals surface area (Å²) in [5.41, 5.74) is 6.62. The van der Waals surface area contributed by atoms with Crippen LogP contribution in [0.4, 0.5) is 0 Å². The van der Waals surface area contributed by atoms with Crippen molar-refractivity contribution in [2.24, 2.45) is 5.73 Å². The molecule has 2 rings (SSSR count). The predicted molar refractivity (Wildman–Crippen MR) is 72.2 cm³/mol. The molecule has 0 unspecified atom stereocenters. The molecule has 0 aliphatic rings. The summed E-state index contributed by atoms with van der Waals surface area (Å²) in [7, 11) is 0. The summed E-state index contributed by atoms with van der Waals surface area (Å²) in [6.07, 6.45) is 0. The van der Waals surface area contributed by atoms with Crippen molar-refractivity contribution in [1.82, 2.24) is 0 Å². The summed E-state index contributed by atoms with van der Waals surface area (Å²) in [5, 5.41) is 0. The Morgan fingerprint density at radius 1 is 0.824 bits per heavy atom. The van der Waals surface area contributed by atoms with Crippen LogP contribution < -0.4 is 10.5 Å². The van der Waals surface area contributed by atoms with Crippen LogP contribution in [0.1, 0.15) is 19.4 Å². The fourth-order valence-electron chi connectivity index (χ4n) is 1.32. The summed E-state index contributed by atoms with van der Waals surface area (Å²) in [4.78, 5) is 0. The zero-order valence-electron chi connectivity index (χ0n) is 10.4. The third-order valence-corrected chi connectivity index (χ3v) is 2.14. The van der Waals surface area contributed by atoms with Gasteiger partial charge in [-0.1, -0.05) is 44.2 Å². The van der Waals surface area contributed by atoms with Gasteiger partial charge < -0.3 is 10.5 Å². The molecule has 2 nitrogen and oxygen atoms in total. The van der Waals surface area contributed by atoms with Crippen molar-refractivity contribution in [2.45, 2.75) is 20.4 Å². The summed E-state index contributed by atoms with van der Waals surface area (Å²) in [6, 6.07) is 17.5. The smallest absolute Gasteiger partial charge is 0.127 e. The molecule has 90 valence electrons. The van der Waals surface area contributed by atoms with Gasteiger partial charge in [0.2, 0.25) is 0 Å². The van der Waals surface area contributed by atoms with Gasteiger partial charge in [0.25, 0.3) is 0 Å². The van der Waals surface area contributed by atoms with Gasteiger partial charge in [0.1, 0.15) is 11.5 Å². The van der Waals surface area contributed by atoms with Crippen LogP contribution in [0.15, 0.2) is 54.6 Å². The first-order valence-electron chi connectivity index (χ1n) is 5.90. The van der Waals surface area contributed by atoms with E-state index >= 15 is 0 Å². The minimum atomic E-state index is 0.561. The second-order valence-corrected chi connectivity index (χ2v) is 3.26. The highest BCUT2D eigenvalue weighted by atomic mass is 16.5. The monoisotopic (exact) mass is 229 g/mol. The van der Waals surface area contributed by atoms with Gasteiger partial charge in [-0.3, -0.25) is 0 Å². The molecular formula is C15H19NO. The molecule has 0 bridgehead atoms. The molecule has 0 heterocycles. The van der Waals surface area contributed by atoms with Crippen molar-refractivity contribution in [3.8, 4) is 11.5 Å². The van der Waals surface area contributed by atoms with Gasteiger partial charge in [-0.25, -0.2) is 0 Å². The topological polar surface area (TPSA) is 35.2 Å².